The highest BCUT2D eigenvalue weighted by Crippen LogP contribution is 2.12. The molecule has 0 atom stereocenters. The minimum atomic E-state index is 0.0166. The van der Waals surface area contributed by atoms with Crippen molar-refractivity contribution in [1.82, 2.24) is 10.3 Å². The van der Waals surface area contributed by atoms with Crippen molar-refractivity contribution in [2.24, 2.45) is 5.92 Å². The van der Waals surface area contributed by atoms with E-state index in [1.807, 2.05) is 30.1 Å². The van der Waals surface area contributed by atoms with Gasteiger partial charge in [0.1, 0.15) is 10.4 Å². The van der Waals surface area contributed by atoms with Gasteiger partial charge in [-0.1, -0.05) is 19.9 Å². The van der Waals surface area contributed by atoms with Crippen LogP contribution in [0.15, 0.2) is 22.8 Å². The molecule has 5 heteroatoms. The van der Waals surface area contributed by atoms with Gasteiger partial charge in [-0.15, -0.1) is 0 Å². The molecule has 0 aliphatic carbocycles. The summed E-state index contributed by atoms with van der Waals surface area (Å²) in [6, 6.07) is 5.63. The van der Waals surface area contributed by atoms with Crippen LogP contribution in [-0.4, -0.2) is 31.0 Å². The van der Waals surface area contributed by atoms with Crippen molar-refractivity contribution in [1.29, 1.82) is 0 Å². The van der Waals surface area contributed by atoms with E-state index in [-0.39, 0.29) is 5.91 Å². The van der Waals surface area contributed by atoms with Crippen LogP contribution in [0.5, 0.6) is 0 Å². The quantitative estimate of drug-likeness (QED) is 0.847. The van der Waals surface area contributed by atoms with Gasteiger partial charge in [0.15, 0.2) is 0 Å². The molecule has 17 heavy (non-hydrogen) atoms. The fourth-order valence-electron chi connectivity index (χ4n) is 1.28. The molecule has 1 N–H and O–H groups in total. The van der Waals surface area contributed by atoms with E-state index in [0.29, 0.717) is 19.0 Å². The summed E-state index contributed by atoms with van der Waals surface area (Å²) < 4.78 is 0.768. The number of carbonyl (C=O) groups is 1. The largest absolute Gasteiger partial charge is 0.354 e. The number of pyridine rings is 1. The molecular formula is C12H18BrN3O. The first-order chi connectivity index (χ1) is 7.99. The maximum absolute atomic E-state index is 11.6. The molecule has 1 aromatic heterocycles. The molecule has 1 amide bonds. The van der Waals surface area contributed by atoms with Crippen LogP contribution in [0, 0.1) is 5.92 Å². The smallest absolute Gasteiger partial charge is 0.239 e. The lowest BCUT2D eigenvalue weighted by Gasteiger charge is -2.18. The second-order valence-electron chi connectivity index (χ2n) is 4.37. The SMILES string of the molecule is CC(C)CNC(=O)CN(C)c1cccc(Br)n1. The van der Waals surface area contributed by atoms with Crippen molar-refractivity contribution < 1.29 is 4.79 Å². The molecule has 4 nitrogen and oxygen atoms in total. The van der Waals surface area contributed by atoms with Crippen LogP contribution in [0.2, 0.25) is 0 Å². The lowest BCUT2D eigenvalue weighted by Crippen LogP contribution is -2.37. The molecule has 0 spiro atoms. The molecule has 0 saturated carbocycles. The average molecular weight is 300 g/mol. The summed E-state index contributed by atoms with van der Waals surface area (Å²) in [4.78, 5) is 17.7. The normalized spacial score (nSPS) is 10.4. The molecule has 0 radical (unpaired) electrons. The van der Waals surface area contributed by atoms with Gasteiger partial charge in [0.05, 0.1) is 6.54 Å². The minimum absolute atomic E-state index is 0.0166. The van der Waals surface area contributed by atoms with Gasteiger partial charge in [-0.25, -0.2) is 4.98 Å². The van der Waals surface area contributed by atoms with E-state index in [4.69, 9.17) is 0 Å². The predicted octanol–water partition coefficient (Wildman–Crippen LogP) is 2.05. The number of anilines is 1. The first-order valence-electron chi connectivity index (χ1n) is 5.59. The number of carbonyl (C=O) groups excluding carboxylic acids is 1. The number of aromatic nitrogens is 1. The van der Waals surface area contributed by atoms with Crippen LogP contribution >= 0.6 is 15.9 Å². The van der Waals surface area contributed by atoms with Crippen molar-refractivity contribution in [3.63, 3.8) is 0 Å². The zero-order valence-electron chi connectivity index (χ0n) is 10.4. The minimum Gasteiger partial charge on any atom is -0.354 e. The summed E-state index contributed by atoms with van der Waals surface area (Å²) in [6.07, 6.45) is 0. The first kappa shape index (κ1) is 14.0. The molecule has 0 saturated heterocycles. The monoisotopic (exact) mass is 299 g/mol. The van der Waals surface area contributed by atoms with Gasteiger partial charge in [0.2, 0.25) is 5.91 Å². The number of nitrogens with one attached hydrogen (secondary N) is 1. The number of rotatable bonds is 5. The third-order valence-corrected chi connectivity index (χ3v) is 2.62. The maximum Gasteiger partial charge on any atom is 0.239 e. The van der Waals surface area contributed by atoms with Gasteiger partial charge in [0.25, 0.3) is 0 Å². The Bertz CT molecular complexity index is 382. The van der Waals surface area contributed by atoms with Crippen molar-refractivity contribution in [2.75, 3.05) is 25.0 Å². The molecule has 0 aromatic carbocycles. The van der Waals surface area contributed by atoms with Gasteiger partial charge < -0.3 is 10.2 Å². The zero-order chi connectivity index (χ0) is 12.8. The molecule has 0 unspecified atom stereocenters. The maximum atomic E-state index is 11.6. The molecule has 94 valence electrons. The Balaban J connectivity index is 2.48. The van der Waals surface area contributed by atoms with E-state index in [1.54, 1.807) is 0 Å². The van der Waals surface area contributed by atoms with Crippen LogP contribution in [0.1, 0.15) is 13.8 Å². The van der Waals surface area contributed by atoms with Gasteiger partial charge in [-0.05, 0) is 34.0 Å². The molecular weight excluding hydrogens is 282 g/mol. The van der Waals surface area contributed by atoms with Crippen molar-refractivity contribution in [3.05, 3.63) is 22.8 Å². The topological polar surface area (TPSA) is 45.2 Å². The summed E-state index contributed by atoms with van der Waals surface area (Å²) >= 11 is 3.31. The van der Waals surface area contributed by atoms with Gasteiger partial charge in [-0.2, -0.15) is 0 Å². The highest BCUT2D eigenvalue weighted by atomic mass is 79.9. The summed E-state index contributed by atoms with van der Waals surface area (Å²) in [6.45, 7) is 5.16. The highest BCUT2D eigenvalue weighted by Gasteiger charge is 2.08. The Labute approximate surface area is 111 Å². The van der Waals surface area contributed by atoms with Crippen LogP contribution in [0.25, 0.3) is 0 Å². The van der Waals surface area contributed by atoms with Gasteiger partial charge in [0, 0.05) is 13.6 Å². The molecule has 0 bridgehead atoms. The number of hydrogen-bond donors (Lipinski definition) is 1. The Morgan fingerprint density at radius 1 is 1.53 bits per heavy atom. The van der Waals surface area contributed by atoms with E-state index < -0.39 is 0 Å². The number of amides is 1. The van der Waals surface area contributed by atoms with Crippen LogP contribution < -0.4 is 10.2 Å². The summed E-state index contributed by atoms with van der Waals surface area (Å²) in [7, 11) is 1.85. The summed E-state index contributed by atoms with van der Waals surface area (Å²) in [5, 5.41) is 2.88. The van der Waals surface area contributed by atoms with Gasteiger partial charge in [-0.3, -0.25) is 4.79 Å². The molecule has 0 aliphatic heterocycles. The highest BCUT2D eigenvalue weighted by molar-refractivity contribution is 9.10. The van der Waals surface area contributed by atoms with Gasteiger partial charge >= 0.3 is 0 Å². The first-order valence-corrected chi connectivity index (χ1v) is 6.38. The predicted molar refractivity (Wildman–Crippen MR) is 73.1 cm³/mol. The summed E-state index contributed by atoms with van der Waals surface area (Å²) in [5.41, 5.74) is 0. The van der Waals surface area contributed by atoms with E-state index >= 15 is 0 Å². The van der Waals surface area contributed by atoms with Crippen LogP contribution in [0.4, 0.5) is 5.82 Å². The van der Waals surface area contributed by atoms with Crippen molar-refractivity contribution in [3.8, 4) is 0 Å². The molecule has 0 aliphatic rings. The Morgan fingerprint density at radius 2 is 2.24 bits per heavy atom. The Kier molecular flexibility index (Phi) is 5.41. The lowest BCUT2D eigenvalue weighted by atomic mass is 10.2. The third kappa shape index (κ3) is 5.17. The zero-order valence-corrected chi connectivity index (χ0v) is 12.0. The Hall–Kier alpha value is -1.10. The number of halogens is 1. The number of nitrogens with zero attached hydrogens (tertiary/aromatic N) is 2. The third-order valence-electron chi connectivity index (χ3n) is 2.18. The fourth-order valence-corrected chi connectivity index (χ4v) is 1.61. The second-order valence-corrected chi connectivity index (χ2v) is 5.18. The van der Waals surface area contributed by atoms with Crippen LogP contribution in [-0.2, 0) is 4.79 Å². The van der Waals surface area contributed by atoms with E-state index in [1.165, 1.54) is 0 Å². The molecule has 1 rings (SSSR count). The van der Waals surface area contributed by atoms with Crippen molar-refractivity contribution >= 4 is 27.7 Å². The summed E-state index contributed by atoms with van der Waals surface area (Å²) in [5.74, 6) is 1.26. The van der Waals surface area contributed by atoms with E-state index in [9.17, 15) is 4.79 Å². The van der Waals surface area contributed by atoms with E-state index in [2.05, 4.69) is 40.1 Å². The van der Waals surface area contributed by atoms with E-state index in [0.717, 1.165) is 10.4 Å². The molecule has 1 aromatic rings. The van der Waals surface area contributed by atoms with Crippen molar-refractivity contribution in [2.45, 2.75) is 13.8 Å². The number of hydrogen-bond acceptors (Lipinski definition) is 3. The molecule has 0 fully saturated rings. The number of likely N-dealkylation sites (N-methyl/N-ethyl adjacent to an activating group) is 1. The van der Waals surface area contributed by atoms with Crippen LogP contribution in [0.3, 0.4) is 0 Å². The average Bonchev–Trinajstić information content (AvgIpc) is 2.26. The fraction of sp³-hybridized carbons (Fsp3) is 0.500. The molecule has 1 heterocycles. The lowest BCUT2D eigenvalue weighted by molar-refractivity contribution is -0.119. The standard InChI is InChI=1S/C12H18BrN3O/c1-9(2)7-14-12(17)8-16(3)11-6-4-5-10(13)15-11/h4-6,9H,7-8H2,1-3H3,(H,14,17). The second kappa shape index (κ2) is 6.59. The Morgan fingerprint density at radius 3 is 2.82 bits per heavy atom.